The second kappa shape index (κ2) is 6.01. The summed E-state index contributed by atoms with van der Waals surface area (Å²) in [4.78, 5) is 35.9. The number of nitrogens with two attached hydrogens (primary N) is 1. The molecule has 0 unspecified atom stereocenters. The molecule has 0 radical (unpaired) electrons. The maximum absolute atomic E-state index is 12.1. The fourth-order valence-electron chi connectivity index (χ4n) is 2.08. The van der Waals surface area contributed by atoms with Crippen molar-refractivity contribution in [2.24, 2.45) is 5.73 Å². The van der Waals surface area contributed by atoms with Crippen LogP contribution in [0.2, 0.25) is 10.0 Å². The number of nitrogens with zero attached hydrogens (tertiary/aromatic N) is 1. The van der Waals surface area contributed by atoms with Crippen LogP contribution < -0.4 is 5.73 Å². The van der Waals surface area contributed by atoms with Gasteiger partial charge in [-0.25, -0.2) is 0 Å². The maximum atomic E-state index is 12.1. The highest BCUT2D eigenvalue weighted by Gasteiger charge is 2.36. The average Bonchev–Trinajstić information content (AvgIpc) is 2.64. The summed E-state index contributed by atoms with van der Waals surface area (Å²) in [7, 11) is 0. The van der Waals surface area contributed by atoms with E-state index in [2.05, 4.69) is 0 Å². The first-order chi connectivity index (χ1) is 9.82. The van der Waals surface area contributed by atoms with E-state index in [0.717, 1.165) is 4.90 Å². The number of carbonyl (C=O) groups is 3. The van der Waals surface area contributed by atoms with Crippen molar-refractivity contribution in [3.63, 3.8) is 0 Å². The molecule has 1 aromatic rings. The van der Waals surface area contributed by atoms with Crippen LogP contribution in [-0.4, -0.2) is 40.4 Å². The molecular formula is C13H12Cl2N2O4. The Labute approximate surface area is 130 Å². The van der Waals surface area contributed by atoms with Crippen LogP contribution in [0.15, 0.2) is 12.1 Å². The fourth-order valence-corrected chi connectivity index (χ4v) is 2.41. The van der Waals surface area contributed by atoms with Crippen molar-refractivity contribution in [3.05, 3.63) is 33.3 Å². The third kappa shape index (κ3) is 3.02. The molecule has 8 heteroatoms. The lowest BCUT2D eigenvalue weighted by Gasteiger charge is -2.14. The first-order valence-corrected chi connectivity index (χ1v) is 6.92. The Balaban J connectivity index is 2.09. The summed E-state index contributed by atoms with van der Waals surface area (Å²) in [6.07, 6.45) is 0.477. The predicted molar refractivity (Wildman–Crippen MR) is 76.7 cm³/mol. The van der Waals surface area contributed by atoms with Crippen molar-refractivity contribution >= 4 is 41.0 Å². The number of hydrogen-bond donors (Lipinski definition) is 2. The van der Waals surface area contributed by atoms with Gasteiger partial charge in [-0.3, -0.25) is 19.3 Å². The number of carboxylic acids is 1. The van der Waals surface area contributed by atoms with E-state index in [4.69, 9.17) is 34.0 Å². The molecule has 1 aromatic carbocycles. The molecule has 0 fully saturated rings. The lowest BCUT2D eigenvalue weighted by molar-refractivity contribution is -0.138. The van der Waals surface area contributed by atoms with E-state index in [1.807, 2.05) is 0 Å². The molecule has 1 aliphatic heterocycles. The van der Waals surface area contributed by atoms with Gasteiger partial charge in [0.25, 0.3) is 11.8 Å². The zero-order chi connectivity index (χ0) is 15.7. The van der Waals surface area contributed by atoms with Gasteiger partial charge in [0.1, 0.15) is 6.04 Å². The predicted octanol–water partition coefficient (Wildman–Crippen LogP) is 1.78. The second-order valence-corrected chi connectivity index (χ2v) is 5.48. The van der Waals surface area contributed by atoms with E-state index in [0.29, 0.717) is 6.42 Å². The second-order valence-electron chi connectivity index (χ2n) is 4.66. The fraction of sp³-hybridized carbons (Fsp3) is 0.308. The van der Waals surface area contributed by atoms with Gasteiger partial charge >= 0.3 is 5.97 Å². The lowest BCUT2D eigenvalue weighted by Crippen LogP contribution is -2.34. The molecule has 1 atom stereocenters. The highest BCUT2D eigenvalue weighted by atomic mass is 35.5. The van der Waals surface area contributed by atoms with Crippen molar-refractivity contribution < 1.29 is 19.5 Å². The van der Waals surface area contributed by atoms with Crippen molar-refractivity contribution in [1.82, 2.24) is 4.90 Å². The highest BCUT2D eigenvalue weighted by Crippen LogP contribution is 2.31. The number of benzene rings is 1. The average molecular weight is 331 g/mol. The van der Waals surface area contributed by atoms with Gasteiger partial charge in [0.05, 0.1) is 21.2 Å². The van der Waals surface area contributed by atoms with Crippen LogP contribution in [-0.2, 0) is 4.79 Å². The molecule has 6 nitrogen and oxygen atoms in total. The Bertz CT molecular complexity index is 592. The van der Waals surface area contributed by atoms with Crippen molar-refractivity contribution in [2.45, 2.75) is 18.9 Å². The highest BCUT2D eigenvalue weighted by molar-refractivity contribution is 6.43. The van der Waals surface area contributed by atoms with E-state index in [-0.39, 0.29) is 34.1 Å². The molecule has 0 saturated carbocycles. The Morgan fingerprint density at radius 1 is 1.19 bits per heavy atom. The number of halogens is 2. The number of aliphatic carboxylic acids is 1. The van der Waals surface area contributed by atoms with Gasteiger partial charge in [-0.1, -0.05) is 23.2 Å². The molecular weight excluding hydrogens is 319 g/mol. The van der Waals surface area contributed by atoms with E-state index in [1.165, 1.54) is 12.1 Å². The molecule has 2 amide bonds. The van der Waals surface area contributed by atoms with E-state index < -0.39 is 23.8 Å². The third-order valence-electron chi connectivity index (χ3n) is 3.23. The summed E-state index contributed by atoms with van der Waals surface area (Å²) >= 11 is 11.7. The van der Waals surface area contributed by atoms with Crippen molar-refractivity contribution in [2.75, 3.05) is 6.54 Å². The number of imide groups is 1. The largest absolute Gasteiger partial charge is 0.480 e. The summed E-state index contributed by atoms with van der Waals surface area (Å²) in [5, 5.41) is 9.08. The van der Waals surface area contributed by atoms with Crippen LogP contribution in [0.4, 0.5) is 0 Å². The smallest absolute Gasteiger partial charge is 0.320 e. The van der Waals surface area contributed by atoms with Crippen LogP contribution in [0.3, 0.4) is 0 Å². The maximum Gasteiger partial charge on any atom is 0.320 e. The molecule has 1 aliphatic rings. The van der Waals surface area contributed by atoms with Gasteiger partial charge in [-0.2, -0.15) is 0 Å². The minimum atomic E-state index is -1.11. The van der Waals surface area contributed by atoms with Crippen LogP contribution >= 0.6 is 23.2 Å². The zero-order valence-electron chi connectivity index (χ0n) is 10.8. The molecule has 0 spiro atoms. The van der Waals surface area contributed by atoms with Gasteiger partial charge < -0.3 is 10.8 Å². The van der Waals surface area contributed by atoms with Gasteiger partial charge in [0, 0.05) is 6.54 Å². The van der Waals surface area contributed by atoms with Crippen LogP contribution in [0.1, 0.15) is 33.6 Å². The van der Waals surface area contributed by atoms with Crippen molar-refractivity contribution in [3.8, 4) is 0 Å². The molecule has 3 N–H and O–H groups in total. The standard InChI is InChI=1S/C13H12Cl2N2O4/c14-8-4-6-7(5-9(8)15)12(19)17(11(6)18)3-1-2-10(16)13(20)21/h4-5,10H,1-3,16H2,(H,20,21)/t10-/m0/s1. The lowest BCUT2D eigenvalue weighted by atomic mass is 10.1. The first kappa shape index (κ1) is 15.8. The zero-order valence-corrected chi connectivity index (χ0v) is 12.3. The van der Waals surface area contributed by atoms with Gasteiger partial charge in [-0.15, -0.1) is 0 Å². The number of amides is 2. The Kier molecular flexibility index (Phi) is 4.51. The molecule has 21 heavy (non-hydrogen) atoms. The van der Waals surface area contributed by atoms with Crippen LogP contribution in [0.5, 0.6) is 0 Å². The third-order valence-corrected chi connectivity index (χ3v) is 3.95. The van der Waals surface area contributed by atoms with Crippen LogP contribution in [0, 0.1) is 0 Å². The summed E-state index contributed by atoms with van der Waals surface area (Å²) in [6.45, 7) is 0.0998. The number of hydrogen-bond acceptors (Lipinski definition) is 4. The molecule has 2 rings (SSSR count). The monoisotopic (exact) mass is 330 g/mol. The SMILES string of the molecule is N[C@@H](CCCN1C(=O)c2cc(Cl)c(Cl)cc2C1=O)C(=O)O. The summed E-state index contributed by atoms with van der Waals surface area (Å²) in [5.41, 5.74) is 5.78. The molecule has 0 aliphatic carbocycles. The molecule has 0 bridgehead atoms. The van der Waals surface area contributed by atoms with Gasteiger partial charge in [0.2, 0.25) is 0 Å². The number of fused-ring (bicyclic) bond motifs is 1. The number of rotatable bonds is 5. The van der Waals surface area contributed by atoms with E-state index in [9.17, 15) is 14.4 Å². The van der Waals surface area contributed by atoms with E-state index >= 15 is 0 Å². The summed E-state index contributed by atoms with van der Waals surface area (Å²) in [6, 6.07) is 1.72. The normalized spacial score (nSPS) is 15.3. The Morgan fingerprint density at radius 2 is 1.67 bits per heavy atom. The Hall–Kier alpha value is -1.63. The number of carboxylic acid groups (broad SMARTS) is 1. The summed E-state index contributed by atoms with van der Waals surface area (Å²) in [5.74, 6) is -2.04. The van der Waals surface area contributed by atoms with Crippen molar-refractivity contribution in [1.29, 1.82) is 0 Å². The van der Waals surface area contributed by atoms with Gasteiger partial charge in [0.15, 0.2) is 0 Å². The summed E-state index contributed by atoms with van der Waals surface area (Å²) < 4.78 is 0. The minimum Gasteiger partial charge on any atom is -0.480 e. The Morgan fingerprint density at radius 3 is 2.10 bits per heavy atom. The molecule has 112 valence electrons. The van der Waals surface area contributed by atoms with Crippen LogP contribution in [0.25, 0.3) is 0 Å². The minimum absolute atomic E-state index is 0.0998. The van der Waals surface area contributed by atoms with E-state index in [1.54, 1.807) is 0 Å². The topological polar surface area (TPSA) is 101 Å². The number of carbonyl (C=O) groups excluding carboxylic acids is 2. The first-order valence-electron chi connectivity index (χ1n) is 6.16. The molecule has 0 aromatic heterocycles. The quantitative estimate of drug-likeness (QED) is 0.801. The van der Waals surface area contributed by atoms with Gasteiger partial charge in [-0.05, 0) is 25.0 Å². The molecule has 0 saturated heterocycles. The molecule has 1 heterocycles.